The van der Waals surface area contributed by atoms with Gasteiger partial charge in [0.1, 0.15) is 16.4 Å². The van der Waals surface area contributed by atoms with Gasteiger partial charge >= 0.3 is 6.09 Å². The molecule has 184 valence electrons. The average Bonchev–Trinajstić information content (AvgIpc) is 3.52. The summed E-state index contributed by atoms with van der Waals surface area (Å²) in [5, 5.41) is 13.3. The predicted octanol–water partition coefficient (Wildman–Crippen LogP) is 4.75. The van der Waals surface area contributed by atoms with Crippen molar-refractivity contribution in [2.45, 2.75) is 52.1 Å². The number of carbonyl (C=O) groups excluding carboxylic acids is 1. The highest BCUT2D eigenvalue weighted by Crippen LogP contribution is 2.33. The van der Waals surface area contributed by atoms with E-state index in [2.05, 4.69) is 19.9 Å². The highest BCUT2D eigenvalue weighted by molar-refractivity contribution is 7.10. The summed E-state index contributed by atoms with van der Waals surface area (Å²) in [5.74, 6) is 0.889. The number of aryl methyl sites for hydroxylation is 2. The van der Waals surface area contributed by atoms with Crippen molar-refractivity contribution in [3.8, 4) is 11.1 Å². The number of hydrogen-bond acceptors (Lipinski definition) is 8. The minimum absolute atomic E-state index is 0.0849. The normalized spacial score (nSPS) is 16.6. The van der Waals surface area contributed by atoms with Crippen molar-refractivity contribution in [2.75, 3.05) is 18.4 Å². The van der Waals surface area contributed by atoms with Crippen LogP contribution in [-0.4, -0.2) is 58.4 Å². The summed E-state index contributed by atoms with van der Waals surface area (Å²) in [4.78, 5) is 19.6. The van der Waals surface area contributed by atoms with Crippen LogP contribution in [0.25, 0.3) is 16.8 Å². The molecule has 4 aromatic heterocycles. The first kappa shape index (κ1) is 23.3. The van der Waals surface area contributed by atoms with E-state index in [9.17, 15) is 4.79 Å². The topological polar surface area (TPSA) is 102 Å². The lowest BCUT2D eigenvalue weighted by Gasteiger charge is -2.34. The van der Waals surface area contributed by atoms with Gasteiger partial charge in [-0.25, -0.2) is 9.78 Å². The summed E-state index contributed by atoms with van der Waals surface area (Å²) in [6.07, 6.45) is 7.15. The Morgan fingerprint density at radius 1 is 1.23 bits per heavy atom. The van der Waals surface area contributed by atoms with Gasteiger partial charge in [-0.2, -0.15) is 19.1 Å². The molecular weight excluding hydrogens is 464 g/mol. The molecule has 0 aromatic carbocycles. The molecule has 5 rings (SSSR count). The number of nitrogens with zero attached hydrogens (tertiary/aromatic N) is 7. The van der Waals surface area contributed by atoms with Crippen molar-refractivity contribution >= 4 is 34.1 Å². The van der Waals surface area contributed by atoms with E-state index in [0.717, 1.165) is 51.8 Å². The van der Waals surface area contributed by atoms with Crippen molar-refractivity contribution in [2.24, 2.45) is 7.05 Å². The van der Waals surface area contributed by atoms with E-state index in [1.54, 1.807) is 9.58 Å². The fraction of sp³-hybridized carbons (Fsp3) is 0.458. The summed E-state index contributed by atoms with van der Waals surface area (Å²) in [6.45, 7) is 8.89. The molecule has 4 aromatic rings. The van der Waals surface area contributed by atoms with Gasteiger partial charge in [-0.3, -0.25) is 4.68 Å². The third-order valence-corrected chi connectivity index (χ3v) is 6.67. The smallest absolute Gasteiger partial charge is 0.410 e. The first-order valence-electron chi connectivity index (χ1n) is 11.7. The third kappa shape index (κ3) is 5.00. The lowest BCUT2D eigenvalue weighted by molar-refractivity contribution is 0.0197. The number of carbonyl (C=O) groups is 1. The Morgan fingerprint density at radius 3 is 2.74 bits per heavy atom. The molecule has 1 fully saturated rings. The van der Waals surface area contributed by atoms with E-state index in [-0.39, 0.29) is 12.0 Å². The molecule has 1 aliphatic heterocycles. The van der Waals surface area contributed by atoms with Crippen LogP contribution in [0, 0.1) is 6.92 Å². The van der Waals surface area contributed by atoms with Gasteiger partial charge in [0, 0.05) is 49.4 Å². The second-order valence-corrected chi connectivity index (χ2v) is 10.8. The summed E-state index contributed by atoms with van der Waals surface area (Å²) >= 11 is 1.41. The van der Waals surface area contributed by atoms with Gasteiger partial charge in [0.25, 0.3) is 0 Å². The van der Waals surface area contributed by atoms with Crippen molar-refractivity contribution in [3.63, 3.8) is 0 Å². The van der Waals surface area contributed by atoms with Gasteiger partial charge in [-0.1, -0.05) is 0 Å². The first-order valence-corrected chi connectivity index (χ1v) is 12.5. The number of hydrogen-bond donors (Lipinski definition) is 1. The Labute approximate surface area is 208 Å². The van der Waals surface area contributed by atoms with E-state index in [0.29, 0.717) is 13.1 Å². The molecule has 1 amide bonds. The highest BCUT2D eigenvalue weighted by atomic mass is 32.1. The lowest BCUT2D eigenvalue weighted by atomic mass is 9.94. The molecule has 1 unspecified atom stereocenters. The standard InChI is InChI=1S/C24H30N8O2S/c1-15-9-21(35-29-15)28-20-10-19(16-7-6-8-31(14-16)23(33)34-24(2,3)4)27-22-18(12-26-32(20)22)17-11-25-30(5)13-17/h9-13,16,28H,6-8,14H2,1-5H3. The SMILES string of the molecule is Cc1cc(Nc2cc(C3CCCN(C(=O)OC(C)(C)C)C3)nc3c(-c4cnn(C)c4)cnn23)sn1. The van der Waals surface area contributed by atoms with E-state index < -0.39 is 5.60 Å². The predicted molar refractivity (Wildman–Crippen MR) is 135 cm³/mol. The van der Waals surface area contributed by atoms with Crippen molar-refractivity contribution in [1.82, 2.24) is 33.7 Å². The molecule has 5 heterocycles. The molecule has 1 atom stereocenters. The van der Waals surface area contributed by atoms with Crippen LogP contribution >= 0.6 is 11.5 Å². The van der Waals surface area contributed by atoms with Crippen LogP contribution in [0.1, 0.15) is 50.9 Å². The van der Waals surface area contributed by atoms with E-state index in [1.807, 2.05) is 70.0 Å². The van der Waals surface area contributed by atoms with E-state index in [1.165, 1.54) is 11.5 Å². The second-order valence-electron chi connectivity index (χ2n) is 9.99. The lowest BCUT2D eigenvalue weighted by Crippen LogP contribution is -2.42. The zero-order chi connectivity index (χ0) is 24.7. The minimum atomic E-state index is -0.526. The van der Waals surface area contributed by atoms with Crippen LogP contribution in [0.4, 0.5) is 15.6 Å². The molecule has 1 saturated heterocycles. The highest BCUT2D eigenvalue weighted by Gasteiger charge is 2.30. The Bertz CT molecular complexity index is 1370. The number of rotatable bonds is 4. The van der Waals surface area contributed by atoms with Gasteiger partial charge in [0.15, 0.2) is 5.65 Å². The fourth-order valence-electron chi connectivity index (χ4n) is 4.30. The monoisotopic (exact) mass is 494 g/mol. The number of fused-ring (bicyclic) bond motifs is 1. The largest absolute Gasteiger partial charge is 0.444 e. The fourth-order valence-corrected chi connectivity index (χ4v) is 4.97. The quantitative estimate of drug-likeness (QED) is 0.437. The van der Waals surface area contributed by atoms with Gasteiger partial charge in [0.05, 0.1) is 23.8 Å². The maximum absolute atomic E-state index is 12.8. The van der Waals surface area contributed by atoms with Crippen LogP contribution in [0.15, 0.2) is 30.7 Å². The first-order chi connectivity index (χ1) is 16.7. The molecular formula is C24H30N8O2S. The molecule has 10 nitrogen and oxygen atoms in total. The number of likely N-dealkylation sites (tertiary alicyclic amines) is 1. The van der Waals surface area contributed by atoms with Crippen LogP contribution in [-0.2, 0) is 11.8 Å². The number of nitrogens with one attached hydrogen (secondary N) is 1. The summed E-state index contributed by atoms with van der Waals surface area (Å²) < 4.78 is 13.6. The van der Waals surface area contributed by atoms with Gasteiger partial charge in [-0.05, 0) is 58.1 Å². The molecule has 0 spiro atoms. The number of piperidine rings is 1. The maximum atomic E-state index is 12.8. The van der Waals surface area contributed by atoms with E-state index >= 15 is 0 Å². The Balaban J connectivity index is 1.53. The van der Waals surface area contributed by atoms with Crippen LogP contribution < -0.4 is 5.32 Å². The van der Waals surface area contributed by atoms with Gasteiger partial charge in [-0.15, -0.1) is 0 Å². The zero-order valence-electron chi connectivity index (χ0n) is 20.6. The molecule has 0 saturated carbocycles. The zero-order valence-corrected chi connectivity index (χ0v) is 21.5. The Morgan fingerprint density at radius 2 is 2.06 bits per heavy atom. The molecule has 1 aliphatic rings. The van der Waals surface area contributed by atoms with Crippen molar-refractivity contribution < 1.29 is 9.53 Å². The minimum Gasteiger partial charge on any atom is -0.444 e. The van der Waals surface area contributed by atoms with Crippen LogP contribution in [0.5, 0.6) is 0 Å². The van der Waals surface area contributed by atoms with E-state index in [4.69, 9.17) is 9.72 Å². The third-order valence-electron chi connectivity index (χ3n) is 5.88. The molecule has 0 aliphatic carbocycles. The second kappa shape index (κ2) is 8.95. The summed E-state index contributed by atoms with van der Waals surface area (Å²) in [5.41, 5.74) is 3.95. The summed E-state index contributed by atoms with van der Waals surface area (Å²) in [6, 6.07) is 4.04. The van der Waals surface area contributed by atoms with Gasteiger partial charge < -0.3 is 15.0 Å². The van der Waals surface area contributed by atoms with Crippen LogP contribution in [0.3, 0.4) is 0 Å². The number of aromatic nitrogens is 6. The molecule has 0 bridgehead atoms. The number of ether oxygens (including phenoxy) is 1. The Kier molecular flexibility index (Phi) is 5.96. The van der Waals surface area contributed by atoms with Crippen molar-refractivity contribution in [3.05, 3.63) is 42.1 Å². The maximum Gasteiger partial charge on any atom is 0.410 e. The van der Waals surface area contributed by atoms with Crippen LogP contribution in [0.2, 0.25) is 0 Å². The average molecular weight is 495 g/mol. The molecule has 35 heavy (non-hydrogen) atoms. The van der Waals surface area contributed by atoms with Crippen molar-refractivity contribution in [1.29, 1.82) is 0 Å². The number of amides is 1. The number of anilines is 2. The molecule has 11 heteroatoms. The summed E-state index contributed by atoms with van der Waals surface area (Å²) in [7, 11) is 1.89. The van der Waals surface area contributed by atoms with Gasteiger partial charge in [0.2, 0.25) is 0 Å². The molecule has 0 radical (unpaired) electrons. The molecule has 1 N–H and O–H groups in total. The Hall–Kier alpha value is -3.47.